The van der Waals surface area contributed by atoms with E-state index in [0.717, 1.165) is 18.9 Å². The second-order valence-corrected chi connectivity index (χ2v) is 8.25. The molecule has 0 aliphatic carbocycles. The van der Waals surface area contributed by atoms with E-state index in [1.54, 1.807) is 17.0 Å². The van der Waals surface area contributed by atoms with Crippen LogP contribution >= 0.6 is 11.3 Å². The van der Waals surface area contributed by atoms with Gasteiger partial charge >= 0.3 is 0 Å². The van der Waals surface area contributed by atoms with Crippen LogP contribution in [0.3, 0.4) is 0 Å². The summed E-state index contributed by atoms with van der Waals surface area (Å²) < 4.78 is 33.6. The molecule has 1 saturated heterocycles. The monoisotopic (exact) mass is 431 g/mol. The van der Waals surface area contributed by atoms with Crippen molar-refractivity contribution in [1.82, 2.24) is 9.88 Å². The molecule has 0 radical (unpaired) electrons. The highest BCUT2D eigenvalue weighted by molar-refractivity contribution is 7.22. The first-order chi connectivity index (χ1) is 14.5. The van der Waals surface area contributed by atoms with Crippen molar-refractivity contribution in [3.63, 3.8) is 0 Å². The molecule has 1 aliphatic heterocycles. The lowest BCUT2D eigenvalue weighted by Crippen LogP contribution is -2.48. The Hall–Kier alpha value is -2.74. The van der Waals surface area contributed by atoms with Gasteiger partial charge in [0.05, 0.1) is 11.3 Å². The number of carbonyl (C=O) groups excluding carboxylic acids is 1. The fraction of sp³-hybridized carbons (Fsp3) is 0.364. The molecule has 30 heavy (non-hydrogen) atoms. The van der Waals surface area contributed by atoms with Gasteiger partial charge in [0.1, 0.15) is 17.1 Å². The van der Waals surface area contributed by atoms with Crippen molar-refractivity contribution in [2.45, 2.75) is 19.8 Å². The van der Waals surface area contributed by atoms with Gasteiger partial charge < -0.3 is 14.5 Å². The van der Waals surface area contributed by atoms with Crippen molar-refractivity contribution in [2.24, 2.45) is 0 Å². The van der Waals surface area contributed by atoms with Gasteiger partial charge in [-0.15, -0.1) is 0 Å². The summed E-state index contributed by atoms with van der Waals surface area (Å²) >= 11 is 1.26. The summed E-state index contributed by atoms with van der Waals surface area (Å²) in [6.07, 6.45) is 2.03. The summed E-state index contributed by atoms with van der Waals surface area (Å²) in [5.41, 5.74) is 0.796. The second-order valence-electron chi connectivity index (χ2n) is 7.24. The second kappa shape index (κ2) is 8.95. The first-order valence-electron chi connectivity index (χ1n) is 10.1. The number of nitrogens with zero attached hydrogens (tertiary/aromatic N) is 3. The molecule has 1 amide bonds. The molecule has 0 saturated carbocycles. The maximum absolute atomic E-state index is 13.9. The van der Waals surface area contributed by atoms with E-state index in [0.29, 0.717) is 53.9 Å². The Kier molecular flexibility index (Phi) is 6.13. The highest BCUT2D eigenvalue weighted by atomic mass is 32.1. The third-order valence-electron chi connectivity index (χ3n) is 5.09. The number of aromatic nitrogens is 1. The van der Waals surface area contributed by atoms with Gasteiger partial charge in [0.2, 0.25) is 0 Å². The summed E-state index contributed by atoms with van der Waals surface area (Å²) in [7, 11) is 0. The summed E-state index contributed by atoms with van der Waals surface area (Å²) in [5.74, 6) is -0.585. The number of piperazine rings is 1. The minimum Gasteiger partial charge on any atom is -0.494 e. The Balaban J connectivity index is 1.40. The zero-order chi connectivity index (χ0) is 21.1. The molecular weight excluding hydrogens is 408 g/mol. The number of hydrogen-bond acceptors (Lipinski definition) is 5. The Labute approximate surface area is 177 Å². The maximum Gasteiger partial charge on any atom is 0.254 e. The Bertz CT molecular complexity index is 1050. The van der Waals surface area contributed by atoms with Gasteiger partial charge in [-0.05, 0) is 30.7 Å². The average molecular weight is 432 g/mol. The zero-order valence-electron chi connectivity index (χ0n) is 16.7. The van der Waals surface area contributed by atoms with Crippen molar-refractivity contribution >= 4 is 32.6 Å². The number of amides is 1. The number of fused-ring (bicyclic) bond motifs is 1. The lowest BCUT2D eigenvalue weighted by molar-refractivity contribution is 0.0746. The van der Waals surface area contributed by atoms with E-state index in [9.17, 15) is 13.6 Å². The molecule has 2 heterocycles. The quantitative estimate of drug-likeness (QED) is 0.530. The highest BCUT2D eigenvalue weighted by Gasteiger charge is 2.24. The molecule has 2 aromatic carbocycles. The summed E-state index contributed by atoms with van der Waals surface area (Å²) in [4.78, 5) is 21.0. The Morgan fingerprint density at radius 2 is 1.97 bits per heavy atom. The first kappa shape index (κ1) is 20.5. The number of hydrogen-bond donors (Lipinski definition) is 0. The highest BCUT2D eigenvalue weighted by Crippen LogP contribution is 2.31. The van der Waals surface area contributed by atoms with Crippen LogP contribution in [0.1, 0.15) is 30.1 Å². The van der Waals surface area contributed by atoms with E-state index in [4.69, 9.17) is 4.74 Å². The Morgan fingerprint density at radius 1 is 1.17 bits per heavy atom. The fourth-order valence-electron chi connectivity index (χ4n) is 3.42. The van der Waals surface area contributed by atoms with E-state index in [2.05, 4.69) is 11.9 Å². The van der Waals surface area contributed by atoms with Crippen molar-refractivity contribution in [3.05, 3.63) is 53.6 Å². The maximum atomic E-state index is 13.9. The van der Waals surface area contributed by atoms with Crippen LogP contribution in [0.25, 0.3) is 10.2 Å². The van der Waals surface area contributed by atoms with Crippen LogP contribution in [-0.4, -0.2) is 48.6 Å². The lowest BCUT2D eigenvalue weighted by Gasteiger charge is -2.34. The summed E-state index contributed by atoms with van der Waals surface area (Å²) in [6.45, 7) is 4.98. The SMILES string of the molecule is CCCCOc1cccc(C(=O)N2CCN(c3nc4c(F)cc(F)cc4s3)CC2)c1. The van der Waals surface area contributed by atoms with Gasteiger partial charge in [0.15, 0.2) is 10.9 Å². The molecule has 0 bridgehead atoms. The van der Waals surface area contributed by atoms with Gasteiger partial charge in [-0.25, -0.2) is 13.8 Å². The van der Waals surface area contributed by atoms with Crippen LogP contribution in [0.15, 0.2) is 36.4 Å². The molecule has 0 spiro atoms. The minimum atomic E-state index is -0.651. The van der Waals surface area contributed by atoms with Crippen LogP contribution in [0.2, 0.25) is 0 Å². The third-order valence-corrected chi connectivity index (χ3v) is 6.15. The molecular formula is C22H23F2N3O2S. The van der Waals surface area contributed by atoms with Crippen LogP contribution in [0.5, 0.6) is 5.75 Å². The van der Waals surface area contributed by atoms with Gasteiger partial charge in [0, 0.05) is 37.8 Å². The van der Waals surface area contributed by atoms with E-state index >= 15 is 0 Å². The first-order valence-corrected chi connectivity index (χ1v) is 10.9. The Morgan fingerprint density at radius 3 is 2.73 bits per heavy atom. The van der Waals surface area contributed by atoms with E-state index in [-0.39, 0.29) is 11.4 Å². The van der Waals surface area contributed by atoms with Gasteiger partial charge in [0.25, 0.3) is 5.91 Å². The van der Waals surface area contributed by atoms with Crippen LogP contribution in [0, 0.1) is 11.6 Å². The summed E-state index contributed by atoms with van der Waals surface area (Å²) in [6, 6.07) is 9.43. The molecule has 0 N–H and O–H groups in total. The molecule has 1 fully saturated rings. The number of halogens is 2. The van der Waals surface area contributed by atoms with Crippen LogP contribution in [0.4, 0.5) is 13.9 Å². The molecule has 158 valence electrons. The van der Waals surface area contributed by atoms with E-state index < -0.39 is 11.6 Å². The van der Waals surface area contributed by atoms with E-state index in [1.807, 2.05) is 17.0 Å². The van der Waals surface area contributed by atoms with Crippen molar-refractivity contribution in [3.8, 4) is 5.75 Å². The van der Waals surface area contributed by atoms with E-state index in [1.165, 1.54) is 17.4 Å². The number of unbranched alkanes of at least 4 members (excludes halogenated alkanes) is 1. The standard InChI is InChI=1S/C22H23F2N3O2S/c1-2-3-11-29-17-6-4-5-15(12-17)21(28)26-7-9-27(10-8-26)22-25-20-18(24)13-16(23)14-19(20)30-22/h4-6,12-14H,2-3,7-11H2,1H3. The topological polar surface area (TPSA) is 45.7 Å². The fourth-order valence-corrected chi connectivity index (χ4v) is 4.47. The molecule has 8 heteroatoms. The van der Waals surface area contributed by atoms with Crippen LogP contribution in [-0.2, 0) is 0 Å². The predicted molar refractivity (Wildman–Crippen MR) is 114 cm³/mol. The molecule has 4 rings (SSSR count). The lowest BCUT2D eigenvalue weighted by atomic mass is 10.1. The third kappa shape index (κ3) is 4.38. The minimum absolute atomic E-state index is 0.0343. The smallest absolute Gasteiger partial charge is 0.254 e. The zero-order valence-corrected chi connectivity index (χ0v) is 17.6. The predicted octanol–water partition coefficient (Wildman–Crippen LogP) is 4.72. The van der Waals surface area contributed by atoms with Crippen molar-refractivity contribution < 1.29 is 18.3 Å². The van der Waals surface area contributed by atoms with Crippen LogP contribution < -0.4 is 9.64 Å². The number of ether oxygens (including phenoxy) is 1. The average Bonchev–Trinajstić information content (AvgIpc) is 3.18. The number of benzene rings is 2. The number of carbonyl (C=O) groups is 1. The molecule has 3 aromatic rings. The van der Waals surface area contributed by atoms with Crippen molar-refractivity contribution in [2.75, 3.05) is 37.7 Å². The largest absolute Gasteiger partial charge is 0.494 e. The normalized spacial score (nSPS) is 14.4. The van der Waals surface area contributed by atoms with Crippen molar-refractivity contribution in [1.29, 1.82) is 0 Å². The molecule has 0 atom stereocenters. The summed E-state index contributed by atoms with van der Waals surface area (Å²) in [5, 5.41) is 0.646. The number of thiazole rings is 1. The van der Waals surface area contributed by atoms with Gasteiger partial charge in [-0.2, -0.15) is 0 Å². The van der Waals surface area contributed by atoms with Gasteiger partial charge in [-0.3, -0.25) is 4.79 Å². The molecule has 1 aliphatic rings. The molecule has 0 unspecified atom stereocenters. The number of rotatable bonds is 6. The molecule has 5 nitrogen and oxygen atoms in total. The van der Waals surface area contributed by atoms with Gasteiger partial charge in [-0.1, -0.05) is 30.7 Å². The number of anilines is 1. The molecule has 1 aromatic heterocycles.